The first-order valence-electron chi connectivity index (χ1n) is 5.33. The minimum atomic E-state index is 0.251. The van der Waals surface area contributed by atoms with Crippen molar-refractivity contribution >= 4 is 22.7 Å². The molecule has 0 amide bonds. The largest absolute Gasteiger partial charge is 0.303 e. The smallest absolute Gasteiger partial charge is 0.110 e. The molecule has 88 valence electrons. The van der Waals surface area contributed by atoms with Crippen LogP contribution in [-0.2, 0) is 6.54 Å². The maximum absolute atomic E-state index is 8.74. The van der Waals surface area contributed by atoms with Crippen molar-refractivity contribution in [2.45, 2.75) is 26.4 Å². The van der Waals surface area contributed by atoms with Crippen molar-refractivity contribution in [1.29, 1.82) is 5.26 Å². The Balaban J connectivity index is 1.92. The van der Waals surface area contributed by atoms with Crippen LogP contribution in [0.5, 0.6) is 0 Å². The molecule has 2 aromatic heterocycles. The number of hydrogen-bond donors (Lipinski definition) is 1. The fourth-order valence-electron chi connectivity index (χ4n) is 1.45. The standard InChI is InChI=1S/C12H13N3S2/c1-8-6-15-12(16-8)9(2)14-7-11-4-3-10(5-13)17-11/h3-4,6,9,14H,7H2,1-2H3. The van der Waals surface area contributed by atoms with Gasteiger partial charge in [-0.3, -0.25) is 0 Å². The molecule has 1 unspecified atom stereocenters. The Hall–Kier alpha value is -1.22. The number of hydrogen-bond acceptors (Lipinski definition) is 5. The number of aryl methyl sites for hydroxylation is 1. The van der Waals surface area contributed by atoms with E-state index in [9.17, 15) is 0 Å². The van der Waals surface area contributed by atoms with E-state index in [-0.39, 0.29) is 6.04 Å². The first-order valence-corrected chi connectivity index (χ1v) is 6.97. The topological polar surface area (TPSA) is 48.7 Å². The van der Waals surface area contributed by atoms with Crippen LogP contribution in [0.15, 0.2) is 18.3 Å². The van der Waals surface area contributed by atoms with E-state index in [2.05, 4.69) is 30.2 Å². The van der Waals surface area contributed by atoms with Crippen LogP contribution >= 0.6 is 22.7 Å². The molecule has 1 atom stereocenters. The van der Waals surface area contributed by atoms with E-state index in [4.69, 9.17) is 5.26 Å². The number of nitrogens with one attached hydrogen (secondary N) is 1. The van der Waals surface area contributed by atoms with Crippen molar-refractivity contribution in [1.82, 2.24) is 10.3 Å². The molecule has 0 aliphatic heterocycles. The lowest BCUT2D eigenvalue weighted by atomic mass is 10.3. The quantitative estimate of drug-likeness (QED) is 0.921. The van der Waals surface area contributed by atoms with Gasteiger partial charge < -0.3 is 5.32 Å². The molecule has 0 spiro atoms. The van der Waals surface area contributed by atoms with Crippen LogP contribution in [0.1, 0.15) is 32.6 Å². The highest BCUT2D eigenvalue weighted by molar-refractivity contribution is 7.12. The lowest BCUT2D eigenvalue weighted by Gasteiger charge is -2.09. The molecule has 0 saturated carbocycles. The summed E-state index contributed by atoms with van der Waals surface area (Å²) in [5, 5.41) is 13.3. The number of thiazole rings is 1. The molecule has 0 radical (unpaired) electrons. The first-order chi connectivity index (χ1) is 8.19. The van der Waals surface area contributed by atoms with Gasteiger partial charge in [-0.1, -0.05) is 0 Å². The minimum absolute atomic E-state index is 0.251. The molecule has 3 nitrogen and oxygen atoms in total. The van der Waals surface area contributed by atoms with Crippen molar-refractivity contribution < 1.29 is 0 Å². The van der Waals surface area contributed by atoms with Crippen LogP contribution in [0.4, 0.5) is 0 Å². The van der Waals surface area contributed by atoms with Gasteiger partial charge in [0.15, 0.2) is 0 Å². The Morgan fingerprint density at radius 3 is 2.88 bits per heavy atom. The highest BCUT2D eigenvalue weighted by atomic mass is 32.1. The van der Waals surface area contributed by atoms with E-state index in [1.807, 2.05) is 18.3 Å². The molecule has 0 aliphatic rings. The van der Waals surface area contributed by atoms with Crippen molar-refractivity contribution in [3.8, 4) is 6.07 Å². The summed E-state index contributed by atoms with van der Waals surface area (Å²) in [7, 11) is 0. The molecule has 0 bridgehead atoms. The zero-order chi connectivity index (χ0) is 12.3. The van der Waals surface area contributed by atoms with Gasteiger partial charge in [0.05, 0.1) is 6.04 Å². The highest BCUT2D eigenvalue weighted by Crippen LogP contribution is 2.20. The summed E-state index contributed by atoms with van der Waals surface area (Å²) in [6, 6.07) is 6.26. The van der Waals surface area contributed by atoms with Gasteiger partial charge >= 0.3 is 0 Å². The lowest BCUT2D eigenvalue weighted by Crippen LogP contribution is -2.17. The molecule has 2 aromatic rings. The Morgan fingerprint density at radius 2 is 2.29 bits per heavy atom. The van der Waals surface area contributed by atoms with Crippen LogP contribution < -0.4 is 5.32 Å². The summed E-state index contributed by atoms with van der Waals surface area (Å²) in [4.78, 5) is 7.53. The SMILES string of the molecule is Cc1cnc(C(C)NCc2ccc(C#N)s2)s1. The fourth-order valence-corrected chi connectivity index (χ4v) is 3.00. The van der Waals surface area contributed by atoms with Gasteiger partial charge in [-0.05, 0) is 26.0 Å². The Labute approximate surface area is 109 Å². The third kappa shape index (κ3) is 3.13. The zero-order valence-electron chi connectivity index (χ0n) is 9.73. The van der Waals surface area contributed by atoms with Crippen LogP contribution in [0.2, 0.25) is 0 Å². The molecule has 17 heavy (non-hydrogen) atoms. The summed E-state index contributed by atoms with van der Waals surface area (Å²) in [5.41, 5.74) is 0. The third-order valence-corrected chi connectivity index (χ3v) is 4.45. The van der Waals surface area contributed by atoms with E-state index < -0.39 is 0 Å². The van der Waals surface area contributed by atoms with Crippen LogP contribution in [0, 0.1) is 18.3 Å². The Bertz CT molecular complexity index is 536. The predicted octanol–water partition coefficient (Wildman–Crippen LogP) is 3.24. The summed E-state index contributed by atoms with van der Waals surface area (Å²) in [5.74, 6) is 0. The predicted molar refractivity (Wildman–Crippen MR) is 71.1 cm³/mol. The second-order valence-electron chi connectivity index (χ2n) is 3.79. The molecular weight excluding hydrogens is 250 g/mol. The molecular formula is C12H13N3S2. The maximum Gasteiger partial charge on any atom is 0.110 e. The second-order valence-corrected chi connectivity index (χ2v) is 6.22. The highest BCUT2D eigenvalue weighted by Gasteiger charge is 2.09. The summed E-state index contributed by atoms with van der Waals surface area (Å²) < 4.78 is 0. The van der Waals surface area contributed by atoms with Gasteiger partial charge in [-0.25, -0.2) is 4.98 Å². The average Bonchev–Trinajstić information content (AvgIpc) is 2.94. The zero-order valence-corrected chi connectivity index (χ0v) is 11.4. The normalized spacial score (nSPS) is 12.3. The molecule has 0 fully saturated rings. The third-order valence-electron chi connectivity index (χ3n) is 2.36. The van der Waals surface area contributed by atoms with E-state index in [0.717, 1.165) is 16.4 Å². The van der Waals surface area contributed by atoms with Gasteiger partial charge in [-0.2, -0.15) is 5.26 Å². The number of nitrogens with zero attached hydrogens (tertiary/aromatic N) is 2. The van der Waals surface area contributed by atoms with Gasteiger partial charge in [0.25, 0.3) is 0 Å². The number of nitriles is 1. The minimum Gasteiger partial charge on any atom is -0.303 e. The number of rotatable bonds is 4. The summed E-state index contributed by atoms with van der Waals surface area (Å²) in [6.45, 7) is 4.95. The van der Waals surface area contributed by atoms with Crippen LogP contribution in [0.3, 0.4) is 0 Å². The van der Waals surface area contributed by atoms with Crippen molar-refractivity contribution in [2.75, 3.05) is 0 Å². The van der Waals surface area contributed by atoms with E-state index in [0.29, 0.717) is 0 Å². The van der Waals surface area contributed by atoms with Gasteiger partial charge in [-0.15, -0.1) is 22.7 Å². The average molecular weight is 263 g/mol. The molecule has 1 N–H and O–H groups in total. The molecule has 5 heteroatoms. The molecule has 2 rings (SSSR count). The van der Waals surface area contributed by atoms with Gasteiger partial charge in [0, 0.05) is 22.5 Å². The van der Waals surface area contributed by atoms with Crippen molar-refractivity contribution in [2.24, 2.45) is 0 Å². The summed E-state index contributed by atoms with van der Waals surface area (Å²) >= 11 is 3.25. The Morgan fingerprint density at radius 1 is 1.47 bits per heavy atom. The van der Waals surface area contributed by atoms with E-state index in [1.165, 1.54) is 21.1 Å². The number of aromatic nitrogens is 1. The number of thiophene rings is 1. The molecule has 0 aliphatic carbocycles. The van der Waals surface area contributed by atoms with E-state index >= 15 is 0 Å². The summed E-state index contributed by atoms with van der Waals surface area (Å²) in [6.07, 6.45) is 1.90. The Kier molecular flexibility index (Phi) is 3.89. The van der Waals surface area contributed by atoms with Crippen molar-refractivity contribution in [3.63, 3.8) is 0 Å². The lowest BCUT2D eigenvalue weighted by molar-refractivity contribution is 0.576. The monoisotopic (exact) mass is 263 g/mol. The maximum atomic E-state index is 8.74. The second kappa shape index (κ2) is 5.41. The van der Waals surface area contributed by atoms with Crippen LogP contribution in [0.25, 0.3) is 0 Å². The van der Waals surface area contributed by atoms with Crippen LogP contribution in [-0.4, -0.2) is 4.98 Å². The molecule has 0 saturated heterocycles. The van der Waals surface area contributed by atoms with E-state index in [1.54, 1.807) is 11.3 Å². The fraction of sp³-hybridized carbons (Fsp3) is 0.333. The molecule has 0 aromatic carbocycles. The molecule has 2 heterocycles. The van der Waals surface area contributed by atoms with Gasteiger partial charge in [0.2, 0.25) is 0 Å². The first kappa shape index (κ1) is 12.2. The van der Waals surface area contributed by atoms with Gasteiger partial charge in [0.1, 0.15) is 16.0 Å². The van der Waals surface area contributed by atoms with Crippen molar-refractivity contribution in [3.05, 3.63) is 38.0 Å².